The Bertz CT molecular complexity index is 984. The van der Waals surface area contributed by atoms with Gasteiger partial charge in [0.05, 0.1) is 10.6 Å². The highest BCUT2D eigenvalue weighted by molar-refractivity contribution is 7.89. The first-order chi connectivity index (χ1) is 13.3. The summed E-state index contributed by atoms with van der Waals surface area (Å²) in [5.74, 6) is -0.544. The molecular weight excluding hydrogens is 376 g/mol. The van der Waals surface area contributed by atoms with Crippen LogP contribution < -0.4 is 5.32 Å². The Morgan fingerprint density at radius 3 is 2.36 bits per heavy atom. The van der Waals surface area contributed by atoms with Crippen LogP contribution in [0.15, 0.2) is 53.4 Å². The molecule has 1 unspecified atom stereocenters. The summed E-state index contributed by atoms with van der Waals surface area (Å²) in [5.41, 5.74) is 1.18. The zero-order valence-electron chi connectivity index (χ0n) is 16.0. The molecule has 148 valence electrons. The van der Waals surface area contributed by atoms with E-state index in [1.54, 1.807) is 24.3 Å². The summed E-state index contributed by atoms with van der Waals surface area (Å²) >= 11 is 0. The first-order valence-corrected chi connectivity index (χ1v) is 10.8. The lowest BCUT2D eigenvalue weighted by atomic mass is 10.1. The lowest BCUT2D eigenvalue weighted by Gasteiger charge is -2.32. The summed E-state index contributed by atoms with van der Waals surface area (Å²) in [6.45, 7) is 3.88. The molecule has 7 heteroatoms. The number of carbonyl (C=O) groups excluding carboxylic acids is 2. The van der Waals surface area contributed by atoms with Crippen molar-refractivity contribution >= 4 is 27.4 Å². The van der Waals surface area contributed by atoms with E-state index in [2.05, 4.69) is 5.32 Å². The average molecular weight is 401 g/mol. The van der Waals surface area contributed by atoms with Crippen molar-refractivity contribution in [3.05, 3.63) is 59.7 Å². The van der Waals surface area contributed by atoms with Crippen LogP contribution >= 0.6 is 0 Å². The van der Waals surface area contributed by atoms with Gasteiger partial charge in [0.25, 0.3) is 5.91 Å². The number of hydrogen-bond acceptors (Lipinski definition) is 4. The molecule has 3 rings (SSSR count). The molecule has 1 atom stereocenters. The smallest absolute Gasteiger partial charge is 0.255 e. The maximum absolute atomic E-state index is 12.9. The molecule has 1 aliphatic heterocycles. The molecule has 6 nitrogen and oxygen atoms in total. The van der Waals surface area contributed by atoms with E-state index in [9.17, 15) is 18.0 Å². The first-order valence-electron chi connectivity index (χ1n) is 9.34. The molecule has 1 fully saturated rings. The quantitative estimate of drug-likeness (QED) is 0.776. The highest BCUT2D eigenvalue weighted by Gasteiger charge is 2.30. The molecule has 1 amide bonds. The fraction of sp³-hybridized carbons (Fsp3) is 0.333. The number of rotatable bonds is 5. The number of carbonyl (C=O) groups is 2. The van der Waals surface area contributed by atoms with Gasteiger partial charge in [-0.2, -0.15) is 4.31 Å². The molecule has 1 N–H and O–H groups in total. The van der Waals surface area contributed by atoms with Gasteiger partial charge >= 0.3 is 0 Å². The van der Waals surface area contributed by atoms with Crippen LogP contribution in [0, 0.1) is 0 Å². The van der Waals surface area contributed by atoms with Gasteiger partial charge < -0.3 is 5.32 Å². The zero-order valence-corrected chi connectivity index (χ0v) is 16.8. The van der Waals surface area contributed by atoms with Crippen LogP contribution in [0.5, 0.6) is 0 Å². The van der Waals surface area contributed by atoms with Crippen molar-refractivity contribution in [2.24, 2.45) is 0 Å². The van der Waals surface area contributed by atoms with Crippen LogP contribution in [0.3, 0.4) is 0 Å². The van der Waals surface area contributed by atoms with E-state index < -0.39 is 15.9 Å². The Morgan fingerprint density at radius 2 is 1.71 bits per heavy atom. The maximum atomic E-state index is 12.9. The minimum absolute atomic E-state index is 0.0233. The van der Waals surface area contributed by atoms with Crippen molar-refractivity contribution in [3.63, 3.8) is 0 Å². The first kappa shape index (κ1) is 20.2. The second-order valence-electron chi connectivity index (χ2n) is 7.04. The highest BCUT2D eigenvalue weighted by atomic mass is 32.2. The number of benzene rings is 2. The van der Waals surface area contributed by atoms with Crippen LogP contribution in [0.25, 0.3) is 0 Å². The molecule has 28 heavy (non-hydrogen) atoms. The minimum atomic E-state index is -3.57. The number of Topliss-reactive ketones (excluding diaryl/α,β-unsaturated/α-hetero) is 1. The predicted molar refractivity (Wildman–Crippen MR) is 108 cm³/mol. The van der Waals surface area contributed by atoms with E-state index in [0.717, 1.165) is 19.3 Å². The van der Waals surface area contributed by atoms with Crippen molar-refractivity contribution in [2.45, 2.75) is 44.0 Å². The average Bonchev–Trinajstić information content (AvgIpc) is 2.68. The third-order valence-corrected chi connectivity index (χ3v) is 7.05. The predicted octanol–water partition coefficient (Wildman–Crippen LogP) is 3.70. The fourth-order valence-electron chi connectivity index (χ4n) is 3.44. The van der Waals surface area contributed by atoms with Crippen molar-refractivity contribution in [1.82, 2.24) is 4.31 Å². The number of piperidine rings is 1. The van der Waals surface area contributed by atoms with Gasteiger partial charge in [-0.1, -0.05) is 18.6 Å². The summed E-state index contributed by atoms with van der Waals surface area (Å²) in [7, 11) is -3.57. The molecule has 0 radical (unpaired) electrons. The van der Waals surface area contributed by atoms with E-state index >= 15 is 0 Å². The Labute approximate surface area is 165 Å². The number of ketones is 1. The van der Waals surface area contributed by atoms with Gasteiger partial charge in [0.2, 0.25) is 10.0 Å². The van der Waals surface area contributed by atoms with Gasteiger partial charge in [0.15, 0.2) is 5.78 Å². The molecule has 0 spiro atoms. The lowest BCUT2D eigenvalue weighted by molar-refractivity contribution is 0.101. The monoisotopic (exact) mass is 400 g/mol. The number of nitrogens with zero attached hydrogens (tertiary/aromatic N) is 1. The van der Waals surface area contributed by atoms with Crippen molar-refractivity contribution in [1.29, 1.82) is 0 Å². The van der Waals surface area contributed by atoms with Crippen LogP contribution in [0.4, 0.5) is 5.69 Å². The molecule has 1 heterocycles. The van der Waals surface area contributed by atoms with Crippen LogP contribution in [0.1, 0.15) is 53.8 Å². The molecular formula is C21H24N2O4S. The largest absolute Gasteiger partial charge is 0.321 e. The van der Waals surface area contributed by atoms with E-state index in [-0.39, 0.29) is 16.7 Å². The van der Waals surface area contributed by atoms with E-state index in [1.165, 1.54) is 35.5 Å². The number of para-hydroxylation sites is 1. The lowest BCUT2D eigenvalue weighted by Crippen LogP contribution is -2.41. The SMILES string of the molecule is CC(=O)c1ccccc1NC(=O)c1ccc(S(=O)(=O)N2CCCCC2C)cc1. The second-order valence-corrected chi connectivity index (χ2v) is 8.93. The molecule has 0 bridgehead atoms. The van der Waals surface area contributed by atoms with Crippen LogP contribution in [-0.4, -0.2) is 37.0 Å². The number of hydrogen-bond donors (Lipinski definition) is 1. The van der Waals surface area contributed by atoms with E-state index in [1.807, 2.05) is 6.92 Å². The van der Waals surface area contributed by atoms with Crippen molar-refractivity contribution < 1.29 is 18.0 Å². The highest BCUT2D eigenvalue weighted by Crippen LogP contribution is 2.25. The van der Waals surface area contributed by atoms with Crippen molar-refractivity contribution in [2.75, 3.05) is 11.9 Å². The number of nitrogens with one attached hydrogen (secondary N) is 1. The van der Waals surface area contributed by atoms with Crippen molar-refractivity contribution in [3.8, 4) is 0 Å². The molecule has 2 aromatic rings. The molecule has 1 saturated heterocycles. The van der Waals surface area contributed by atoms with Crippen LogP contribution in [-0.2, 0) is 10.0 Å². The van der Waals surface area contributed by atoms with Gasteiger partial charge in [-0.05, 0) is 63.1 Å². The topological polar surface area (TPSA) is 83.5 Å². The second kappa shape index (κ2) is 8.24. The van der Waals surface area contributed by atoms with E-state index in [4.69, 9.17) is 0 Å². The molecule has 1 aliphatic rings. The molecule has 0 aromatic heterocycles. The Morgan fingerprint density at radius 1 is 1.04 bits per heavy atom. The summed E-state index contributed by atoms with van der Waals surface area (Å²) in [6.07, 6.45) is 2.75. The Kier molecular flexibility index (Phi) is 5.96. The number of sulfonamides is 1. The van der Waals surface area contributed by atoms with Crippen LogP contribution in [0.2, 0.25) is 0 Å². The summed E-state index contributed by atoms with van der Waals surface area (Å²) < 4.78 is 27.3. The van der Waals surface area contributed by atoms with Gasteiger partial charge in [-0.15, -0.1) is 0 Å². The summed E-state index contributed by atoms with van der Waals surface area (Å²) in [6, 6.07) is 12.7. The molecule has 2 aromatic carbocycles. The summed E-state index contributed by atoms with van der Waals surface area (Å²) in [5, 5.41) is 2.72. The molecule has 0 saturated carbocycles. The maximum Gasteiger partial charge on any atom is 0.255 e. The van der Waals surface area contributed by atoms with Gasteiger partial charge in [0.1, 0.15) is 0 Å². The standard InChI is InChI=1S/C21H24N2O4S/c1-15-7-5-6-14-23(15)28(26,27)18-12-10-17(11-13-18)21(25)22-20-9-4-3-8-19(20)16(2)24/h3-4,8-13,15H,5-7,14H2,1-2H3,(H,22,25). The zero-order chi connectivity index (χ0) is 20.3. The molecule has 0 aliphatic carbocycles. The third-order valence-electron chi connectivity index (χ3n) is 5.02. The minimum Gasteiger partial charge on any atom is -0.321 e. The summed E-state index contributed by atoms with van der Waals surface area (Å²) in [4.78, 5) is 24.4. The van der Waals surface area contributed by atoms with Gasteiger partial charge in [-0.25, -0.2) is 8.42 Å². The third kappa shape index (κ3) is 4.15. The Hall–Kier alpha value is -2.51. The van der Waals surface area contributed by atoms with E-state index in [0.29, 0.717) is 23.4 Å². The Balaban J connectivity index is 1.79. The number of anilines is 1. The van der Waals surface area contributed by atoms with Gasteiger partial charge in [-0.3, -0.25) is 9.59 Å². The van der Waals surface area contributed by atoms with Gasteiger partial charge in [0, 0.05) is 23.7 Å². The fourth-order valence-corrected chi connectivity index (χ4v) is 5.14. The number of amides is 1. The normalized spacial score (nSPS) is 17.9.